The lowest BCUT2D eigenvalue weighted by Gasteiger charge is -2.19. The number of benzene rings is 1. The van der Waals surface area contributed by atoms with E-state index < -0.39 is 0 Å². The zero-order valence-corrected chi connectivity index (χ0v) is 11.9. The molecule has 0 heterocycles. The monoisotopic (exact) mass is 277 g/mol. The molecule has 0 radical (unpaired) electrons. The minimum Gasteiger partial charge on any atom is -0.389 e. The van der Waals surface area contributed by atoms with Gasteiger partial charge in [-0.05, 0) is 31.5 Å². The van der Waals surface area contributed by atoms with Crippen LogP contribution >= 0.6 is 12.2 Å². The molecule has 1 aliphatic carbocycles. The van der Waals surface area contributed by atoms with Gasteiger partial charge in [0.05, 0.1) is 6.54 Å². The van der Waals surface area contributed by atoms with Gasteiger partial charge >= 0.3 is 0 Å². The van der Waals surface area contributed by atoms with Gasteiger partial charge in [0.25, 0.3) is 0 Å². The Morgan fingerprint density at radius 1 is 1.53 bits per heavy atom. The maximum absolute atomic E-state index is 12.0. The maximum Gasteiger partial charge on any atom is 0.238 e. The molecule has 1 aromatic rings. The fourth-order valence-corrected chi connectivity index (χ4v) is 2.20. The molecule has 5 heteroatoms. The normalized spacial score (nSPS) is 14.4. The first-order valence-electron chi connectivity index (χ1n) is 6.54. The molecule has 1 aliphatic rings. The molecule has 19 heavy (non-hydrogen) atoms. The molecule has 0 saturated heterocycles. The van der Waals surface area contributed by atoms with Gasteiger partial charge in [-0.25, -0.2) is 0 Å². The van der Waals surface area contributed by atoms with Crippen LogP contribution in [-0.2, 0) is 4.79 Å². The van der Waals surface area contributed by atoms with Crippen molar-refractivity contribution in [3.8, 4) is 0 Å². The molecule has 0 aliphatic heterocycles. The van der Waals surface area contributed by atoms with Crippen molar-refractivity contribution in [3.05, 3.63) is 29.8 Å². The Labute approximate surface area is 119 Å². The smallest absolute Gasteiger partial charge is 0.238 e. The van der Waals surface area contributed by atoms with Gasteiger partial charge in [-0.2, -0.15) is 0 Å². The van der Waals surface area contributed by atoms with Crippen LogP contribution in [-0.4, -0.2) is 34.9 Å². The predicted octanol–water partition coefficient (Wildman–Crippen LogP) is 1.74. The third-order valence-electron chi connectivity index (χ3n) is 3.25. The molecular weight excluding hydrogens is 258 g/mol. The molecule has 0 aromatic heterocycles. The molecule has 1 saturated carbocycles. The summed E-state index contributed by atoms with van der Waals surface area (Å²) in [4.78, 5) is 14.5. The molecule has 0 unspecified atom stereocenters. The number of thiocarbonyl (C=S) groups is 1. The highest BCUT2D eigenvalue weighted by Crippen LogP contribution is 2.26. The van der Waals surface area contributed by atoms with E-state index in [1.807, 2.05) is 18.2 Å². The highest BCUT2D eigenvalue weighted by atomic mass is 32.1. The minimum absolute atomic E-state index is 0.00818. The van der Waals surface area contributed by atoms with Gasteiger partial charge in [0.1, 0.15) is 4.99 Å². The van der Waals surface area contributed by atoms with Crippen molar-refractivity contribution < 1.29 is 4.79 Å². The van der Waals surface area contributed by atoms with Crippen LogP contribution in [0.5, 0.6) is 0 Å². The lowest BCUT2D eigenvalue weighted by Crippen LogP contribution is -2.34. The summed E-state index contributed by atoms with van der Waals surface area (Å²) in [5.41, 5.74) is 7.08. The molecule has 1 fully saturated rings. The second-order valence-corrected chi connectivity index (χ2v) is 5.23. The lowest BCUT2D eigenvalue weighted by molar-refractivity contribution is -0.117. The SMILES string of the molecule is CCN(CC(=O)Nc1cccc(C(N)=S)c1)C1CC1. The van der Waals surface area contributed by atoms with Crippen molar-refractivity contribution in [2.75, 3.05) is 18.4 Å². The number of nitrogens with zero attached hydrogens (tertiary/aromatic N) is 1. The van der Waals surface area contributed by atoms with Crippen LogP contribution < -0.4 is 11.1 Å². The van der Waals surface area contributed by atoms with E-state index in [1.54, 1.807) is 6.07 Å². The number of nitrogens with two attached hydrogens (primary N) is 1. The fraction of sp³-hybridized carbons (Fsp3) is 0.429. The lowest BCUT2D eigenvalue weighted by atomic mass is 10.2. The summed E-state index contributed by atoms with van der Waals surface area (Å²) in [5, 5.41) is 2.89. The Hall–Kier alpha value is -1.46. The van der Waals surface area contributed by atoms with E-state index in [2.05, 4.69) is 17.1 Å². The highest BCUT2D eigenvalue weighted by molar-refractivity contribution is 7.80. The van der Waals surface area contributed by atoms with Crippen molar-refractivity contribution in [3.63, 3.8) is 0 Å². The average Bonchev–Trinajstić information content (AvgIpc) is 3.20. The summed E-state index contributed by atoms with van der Waals surface area (Å²) < 4.78 is 0. The molecular formula is C14H19N3OS. The average molecular weight is 277 g/mol. The van der Waals surface area contributed by atoms with E-state index in [9.17, 15) is 4.79 Å². The zero-order chi connectivity index (χ0) is 13.8. The number of nitrogens with one attached hydrogen (secondary N) is 1. The Morgan fingerprint density at radius 2 is 2.26 bits per heavy atom. The van der Waals surface area contributed by atoms with Crippen LogP contribution in [0.25, 0.3) is 0 Å². The number of amides is 1. The predicted molar refractivity (Wildman–Crippen MR) is 81.2 cm³/mol. The van der Waals surface area contributed by atoms with E-state index in [-0.39, 0.29) is 5.91 Å². The maximum atomic E-state index is 12.0. The fourth-order valence-electron chi connectivity index (χ4n) is 2.07. The van der Waals surface area contributed by atoms with Gasteiger partial charge in [-0.3, -0.25) is 9.69 Å². The van der Waals surface area contributed by atoms with E-state index in [0.29, 0.717) is 17.6 Å². The van der Waals surface area contributed by atoms with Crippen LogP contribution in [0.4, 0.5) is 5.69 Å². The Morgan fingerprint density at radius 3 is 2.84 bits per heavy atom. The highest BCUT2D eigenvalue weighted by Gasteiger charge is 2.28. The van der Waals surface area contributed by atoms with Gasteiger partial charge in [-0.1, -0.05) is 31.3 Å². The van der Waals surface area contributed by atoms with Crippen molar-refractivity contribution >= 4 is 28.8 Å². The van der Waals surface area contributed by atoms with Crippen LogP contribution in [0.1, 0.15) is 25.3 Å². The van der Waals surface area contributed by atoms with Crippen LogP contribution in [0.2, 0.25) is 0 Å². The zero-order valence-electron chi connectivity index (χ0n) is 11.1. The number of likely N-dealkylation sites (N-methyl/N-ethyl adjacent to an activating group) is 1. The number of hydrogen-bond donors (Lipinski definition) is 2. The number of carbonyl (C=O) groups excluding carboxylic acids is 1. The molecule has 102 valence electrons. The van der Waals surface area contributed by atoms with Gasteiger partial charge in [0.2, 0.25) is 5.91 Å². The summed E-state index contributed by atoms with van der Waals surface area (Å²) >= 11 is 4.92. The number of hydrogen-bond acceptors (Lipinski definition) is 3. The largest absolute Gasteiger partial charge is 0.389 e. The first-order valence-corrected chi connectivity index (χ1v) is 6.94. The quantitative estimate of drug-likeness (QED) is 0.778. The first kappa shape index (κ1) is 14.0. The topological polar surface area (TPSA) is 58.4 Å². The summed E-state index contributed by atoms with van der Waals surface area (Å²) in [6.45, 7) is 3.43. The second-order valence-electron chi connectivity index (χ2n) is 4.79. The molecule has 4 nitrogen and oxygen atoms in total. The van der Waals surface area contributed by atoms with Crippen molar-refractivity contribution in [2.45, 2.75) is 25.8 Å². The van der Waals surface area contributed by atoms with Crippen LogP contribution in [0, 0.1) is 0 Å². The summed E-state index contributed by atoms with van der Waals surface area (Å²) in [5.74, 6) is 0.00818. The van der Waals surface area contributed by atoms with Crippen molar-refractivity contribution in [1.29, 1.82) is 0 Å². The van der Waals surface area contributed by atoms with Gasteiger partial charge in [0.15, 0.2) is 0 Å². The second kappa shape index (κ2) is 6.12. The van der Waals surface area contributed by atoms with Crippen molar-refractivity contribution in [2.24, 2.45) is 5.73 Å². The molecule has 1 amide bonds. The Kier molecular flexibility index (Phi) is 4.50. The summed E-state index contributed by atoms with van der Waals surface area (Å²) in [6, 6.07) is 7.91. The van der Waals surface area contributed by atoms with Crippen LogP contribution in [0.3, 0.4) is 0 Å². The van der Waals surface area contributed by atoms with E-state index in [1.165, 1.54) is 12.8 Å². The Bertz CT molecular complexity index is 485. The van der Waals surface area contributed by atoms with Gasteiger partial charge < -0.3 is 11.1 Å². The summed E-state index contributed by atoms with van der Waals surface area (Å²) in [6.07, 6.45) is 2.41. The molecule has 1 aromatic carbocycles. The Balaban J connectivity index is 1.94. The molecule has 0 spiro atoms. The minimum atomic E-state index is 0.00818. The standard InChI is InChI=1S/C14H19N3OS/c1-2-17(12-6-7-12)9-13(18)16-11-5-3-4-10(8-11)14(15)19/h3-5,8,12H,2,6-7,9H2,1H3,(H2,15,19)(H,16,18). The van der Waals surface area contributed by atoms with E-state index in [4.69, 9.17) is 18.0 Å². The molecule has 2 rings (SSSR count). The van der Waals surface area contributed by atoms with E-state index >= 15 is 0 Å². The molecule has 3 N–H and O–H groups in total. The number of rotatable bonds is 6. The van der Waals surface area contributed by atoms with Crippen LogP contribution in [0.15, 0.2) is 24.3 Å². The molecule has 0 atom stereocenters. The van der Waals surface area contributed by atoms with Gasteiger partial charge in [0, 0.05) is 17.3 Å². The first-order chi connectivity index (χ1) is 9.10. The van der Waals surface area contributed by atoms with Gasteiger partial charge in [-0.15, -0.1) is 0 Å². The number of carbonyl (C=O) groups is 1. The summed E-state index contributed by atoms with van der Waals surface area (Å²) in [7, 11) is 0. The van der Waals surface area contributed by atoms with Crippen molar-refractivity contribution in [1.82, 2.24) is 4.90 Å². The third-order valence-corrected chi connectivity index (χ3v) is 3.48. The van der Waals surface area contributed by atoms with E-state index in [0.717, 1.165) is 17.8 Å². The molecule has 0 bridgehead atoms. The third kappa shape index (κ3) is 4.01. The number of anilines is 1.